The Morgan fingerprint density at radius 2 is 2.42 bits per heavy atom. The van der Waals surface area contributed by atoms with Gasteiger partial charge in [-0.2, -0.15) is 5.10 Å². The molecule has 1 aliphatic heterocycles. The third kappa shape index (κ3) is 4.88. The molecule has 1 aromatic heterocycles. The molecule has 0 saturated carbocycles. The molecule has 0 aromatic carbocycles. The van der Waals surface area contributed by atoms with E-state index in [1.54, 1.807) is 0 Å². The number of carbonyl (C=O) groups is 1. The summed E-state index contributed by atoms with van der Waals surface area (Å²) in [6.45, 7) is 5.01. The fourth-order valence-corrected chi connectivity index (χ4v) is 3.26. The average Bonchev–Trinajstić information content (AvgIpc) is 3.03. The lowest BCUT2D eigenvalue weighted by Crippen LogP contribution is -2.44. The van der Waals surface area contributed by atoms with Crippen LogP contribution in [0.2, 0.25) is 0 Å². The van der Waals surface area contributed by atoms with Gasteiger partial charge >= 0.3 is 0 Å². The SMILES string of the molecule is Cc1nc([C@@H]2CN(CC(=O)NCCC3=CCCCC3)CCO2)n[nH]1. The van der Waals surface area contributed by atoms with Crippen LogP contribution >= 0.6 is 0 Å². The van der Waals surface area contributed by atoms with Gasteiger partial charge in [-0.1, -0.05) is 11.6 Å². The predicted molar refractivity (Wildman–Crippen MR) is 90.4 cm³/mol. The van der Waals surface area contributed by atoms with Crippen molar-refractivity contribution in [1.82, 2.24) is 25.4 Å². The molecule has 2 heterocycles. The van der Waals surface area contributed by atoms with E-state index in [0.717, 1.165) is 25.3 Å². The van der Waals surface area contributed by atoms with Crippen molar-refractivity contribution >= 4 is 5.91 Å². The largest absolute Gasteiger partial charge is 0.367 e. The lowest BCUT2D eigenvalue weighted by Gasteiger charge is -2.31. The number of morpholine rings is 1. The summed E-state index contributed by atoms with van der Waals surface area (Å²) in [6, 6.07) is 0. The maximum atomic E-state index is 12.1. The number of rotatable bonds is 6. The minimum Gasteiger partial charge on any atom is -0.367 e. The van der Waals surface area contributed by atoms with Gasteiger partial charge < -0.3 is 10.1 Å². The Morgan fingerprint density at radius 1 is 1.50 bits per heavy atom. The molecule has 1 aliphatic carbocycles. The third-order valence-corrected chi connectivity index (χ3v) is 4.57. The van der Waals surface area contributed by atoms with Gasteiger partial charge in [0.2, 0.25) is 5.91 Å². The average molecular weight is 333 g/mol. The number of aromatic amines is 1. The highest BCUT2D eigenvalue weighted by molar-refractivity contribution is 5.78. The second kappa shape index (κ2) is 8.39. The molecule has 0 unspecified atom stereocenters. The monoisotopic (exact) mass is 333 g/mol. The van der Waals surface area contributed by atoms with E-state index >= 15 is 0 Å². The summed E-state index contributed by atoms with van der Waals surface area (Å²) < 4.78 is 5.72. The smallest absolute Gasteiger partial charge is 0.234 e. The van der Waals surface area contributed by atoms with E-state index < -0.39 is 0 Å². The van der Waals surface area contributed by atoms with Gasteiger partial charge in [-0.05, 0) is 39.0 Å². The molecule has 3 rings (SSSR count). The Balaban J connectivity index is 1.40. The zero-order chi connectivity index (χ0) is 16.8. The second-order valence-electron chi connectivity index (χ2n) is 6.58. The van der Waals surface area contributed by atoms with Crippen LogP contribution in [-0.2, 0) is 9.53 Å². The minimum absolute atomic E-state index is 0.0817. The zero-order valence-electron chi connectivity index (χ0n) is 14.4. The van der Waals surface area contributed by atoms with Gasteiger partial charge in [0, 0.05) is 19.6 Å². The molecule has 1 fully saturated rings. The molecule has 0 radical (unpaired) electrons. The Bertz CT molecular complexity index is 583. The maximum Gasteiger partial charge on any atom is 0.234 e. The molecule has 132 valence electrons. The number of aryl methyl sites for hydroxylation is 1. The normalized spacial score (nSPS) is 22.2. The number of hydrogen-bond donors (Lipinski definition) is 2. The third-order valence-electron chi connectivity index (χ3n) is 4.57. The van der Waals surface area contributed by atoms with E-state index in [0.29, 0.717) is 25.5 Å². The summed E-state index contributed by atoms with van der Waals surface area (Å²) in [7, 11) is 0. The van der Waals surface area contributed by atoms with Crippen molar-refractivity contribution in [2.24, 2.45) is 0 Å². The number of nitrogens with zero attached hydrogens (tertiary/aromatic N) is 3. The standard InChI is InChI=1S/C17H27N5O2/c1-13-19-17(21-20-13)15-11-22(9-10-24-15)12-16(23)18-8-7-14-5-3-2-4-6-14/h5,15H,2-4,6-12H2,1H3,(H,18,23)(H,19,20,21)/t15-/m0/s1. The van der Waals surface area contributed by atoms with Crippen LogP contribution in [0.1, 0.15) is 49.9 Å². The van der Waals surface area contributed by atoms with Crippen molar-refractivity contribution < 1.29 is 9.53 Å². The van der Waals surface area contributed by atoms with Crippen LogP contribution in [0, 0.1) is 6.92 Å². The lowest BCUT2D eigenvalue weighted by molar-refractivity contribution is -0.124. The maximum absolute atomic E-state index is 12.1. The molecule has 1 saturated heterocycles. The molecule has 1 amide bonds. The van der Waals surface area contributed by atoms with E-state index in [9.17, 15) is 4.79 Å². The summed E-state index contributed by atoms with van der Waals surface area (Å²) in [5.74, 6) is 1.53. The Hall–Kier alpha value is -1.73. The van der Waals surface area contributed by atoms with Crippen LogP contribution in [0.15, 0.2) is 11.6 Å². The van der Waals surface area contributed by atoms with E-state index in [2.05, 4.69) is 31.5 Å². The summed E-state index contributed by atoms with van der Waals surface area (Å²) in [6.07, 6.45) is 8.13. The number of aromatic nitrogens is 3. The Kier molecular flexibility index (Phi) is 5.98. The quantitative estimate of drug-likeness (QED) is 0.771. The van der Waals surface area contributed by atoms with Gasteiger partial charge in [-0.25, -0.2) is 4.98 Å². The predicted octanol–water partition coefficient (Wildman–Crippen LogP) is 1.49. The van der Waals surface area contributed by atoms with E-state index in [4.69, 9.17) is 4.74 Å². The van der Waals surface area contributed by atoms with Gasteiger partial charge in [0.05, 0.1) is 13.2 Å². The zero-order valence-corrected chi connectivity index (χ0v) is 14.4. The Morgan fingerprint density at radius 3 is 3.17 bits per heavy atom. The summed E-state index contributed by atoms with van der Waals surface area (Å²) in [5.41, 5.74) is 1.49. The molecule has 7 nitrogen and oxygen atoms in total. The first kappa shape index (κ1) is 17.1. The van der Waals surface area contributed by atoms with Crippen molar-refractivity contribution in [1.29, 1.82) is 0 Å². The fourth-order valence-electron chi connectivity index (χ4n) is 3.26. The highest BCUT2D eigenvalue weighted by atomic mass is 16.5. The van der Waals surface area contributed by atoms with Crippen LogP contribution in [-0.4, -0.2) is 58.8 Å². The van der Waals surface area contributed by atoms with Gasteiger partial charge in [0.25, 0.3) is 0 Å². The van der Waals surface area contributed by atoms with Crippen molar-refractivity contribution in [2.45, 2.75) is 45.1 Å². The first-order chi connectivity index (χ1) is 11.7. The first-order valence-corrected chi connectivity index (χ1v) is 8.88. The van der Waals surface area contributed by atoms with Crippen molar-refractivity contribution in [3.63, 3.8) is 0 Å². The summed E-state index contributed by atoms with van der Waals surface area (Å²) in [5, 5.41) is 10.0. The number of H-pyrrole nitrogens is 1. The van der Waals surface area contributed by atoms with Crippen LogP contribution in [0.4, 0.5) is 0 Å². The molecule has 0 spiro atoms. The van der Waals surface area contributed by atoms with Crippen LogP contribution in [0.5, 0.6) is 0 Å². The Labute approximate surface area is 142 Å². The number of carbonyl (C=O) groups excluding carboxylic acids is 1. The fraction of sp³-hybridized carbons (Fsp3) is 0.706. The highest BCUT2D eigenvalue weighted by Crippen LogP contribution is 2.20. The lowest BCUT2D eigenvalue weighted by atomic mass is 9.97. The molecular formula is C17H27N5O2. The van der Waals surface area contributed by atoms with Crippen molar-refractivity contribution in [2.75, 3.05) is 32.8 Å². The van der Waals surface area contributed by atoms with Gasteiger partial charge in [0.1, 0.15) is 11.9 Å². The summed E-state index contributed by atoms with van der Waals surface area (Å²) in [4.78, 5) is 18.6. The number of allylic oxidation sites excluding steroid dienone is 1. The molecule has 2 N–H and O–H groups in total. The van der Waals surface area contributed by atoms with Crippen LogP contribution < -0.4 is 5.32 Å². The van der Waals surface area contributed by atoms with Gasteiger partial charge in [-0.15, -0.1) is 0 Å². The molecule has 1 aromatic rings. The minimum atomic E-state index is -0.163. The number of nitrogens with one attached hydrogen (secondary N) is 2. The number of ether oxygens (including phenoxy) is 1. The van der Waals surface area contributed by atoms with Crippen LogP contribution in [0.25, 0.3) is 0 Å². The van der Waals surface area contributed by atoms with Crippen molar-refractivity contribution in [3.05, 3.63) is 23.3 Å². The van der Waals surface area contributed by atoms with E-state index in [-0.39, 0.29) is 12.0 Å². The topological polar surface area (TPSA) is 83.1 Å². The molecule has 7 heteroatoms. The molecule has 2 aliphatic rings. The van der Waals surface area contributed by atoms with E-state index in [1.165, 1.54) is 31.3 Å². The highest BCUT2D eigenvalue weighted by Gasteiger charge is 2.26. The summed E-state index contributed by atoms with van der Waals surface area (Å²) >= 11 is 0. The van der Waals surface area contributed by atoms with Crippen molar-refractivity contribution in [3.8, 4) is 0 Å². The number of amides is 1. The first-order valence-electron chi connectivity index (χ1n) is 8.88. The van der Waals surface area contributed by atoms with Gasteiger partial charge in [-0.3, -0.25) is 14.8 Å². The molecule has 24 heavy (non-hydrogen) atoms. The molecular weight excluding hydrogens is 306 g/mol. The molecule has 0 bridgehead atoms. The van der Waals surface area contributed by atoms with E-state index in [1.807, 2.05) is 6.92 Å². The molecule has 1 atom stereocenters. The van der Waals surface area contributed by atoms with Crippen LogP contribution in [0.3, 0.4) is 0 Å². The number of hydrogen-bond acceptors (Lipinski definition) is 5. The van der Waals surface area contributed by atoms with Gasteiger partial charge in [0.15, 0.2) is 5.82 Å². The second-order valence-corrected chi connectivity index (χ2v) is 6.58.